The van der Waals surface area contributed by atoms with Crippen LogP contribution < -0.4 is 10.6 Å². The molecule has 0 aliphatic heterocycles. The normalized spacial score (nSPS) is 16.1. The molecule has 1 saturated carbocycles. The van der Waals surface area contributed by atoms with Crippen molar-refractivity contribution >= 4 is 11.7 Å². The van der Waals surface area contributed by atoms with Gasteiger partial charge in [-0.15, -0.1) is 0 Å². The van der Waals surface area contributed by atoms with Crippen molar-refractivity contribution in [3.63, 3.8) is 0 Å². The highest BCUT2D eigenvalue weighted by atomic mass is 16.5. The van der Waals surface area contributed by atoms with E-state index in [1.54, 1.807) is 13.3 Å². The molecule has 1 aromatic heterocycles. The van der Waals surface area contributed by atoms with Gasteiger partial charge in [0.1, 0.15) is 11.7 Å². The molecule has 5 heteroatoms. The molecular formula is C14H22N4O. The van der Waals surface area contributed by atoms with Crippen LogP contribution in [0.1, 0.15) is 25.3 Å². The summed E-state index contributed by atoms with van der Waals surface area (Å²) in [5, 5.41) is 7.69. The van der Waals surface area contributed by atoms with Gasteiger partial charge in [-0.05, 0) is 37.8 Å². The van der Waals surface area contributed by atoms with Gasteiger partial charge in [-0.3, -0.25) is 5.41 Å². The summed E-state index contributed by atoms with van der Waals surface area (Å²) in [5.41, 5.74) is 6.36. The lowest BCUT2D eigenvalue weighted by atomic mass is 10.1. The van der Waals surface area contributed by atoms with Gasteiger partial charge < -0.3 is 15.4 Å². The molecule has 19 heavy (non-hydrogen) atoms. The number of amidine groups is 1. The fourth-order valence-corrected chi connectivity index (χ4v) is 2.36. The second-order valence-electron chi connectivity index (χ2n) is 5.05. The Kier molecular flexibility index (Phi) is 4.37. The summed E-state index contributed by atoms with van der Waals surface area (Å²) < 4.78 is 5.19. The van der Waals surface area contributed by atoms with Crippen LogP contribution in [0.15, 0.2) is 18.3 Å². The molecule has 2 rings (SSSR count). The van der Waals surface area contributed by atoms with Crippen LogP contribution in [-0.4, -0.2) is 37.1 Å². The topological polar surface area (TPSA) is 75.2 Å². The average molecular weight is 262 g/mol. The van der Waals surface area contributed by atoms with Crippen LogP contribution >= 0.6 is 0 Å². The molecule has 1 fully saturated rings. The first-order chi connectivity index (χ1) is 9.15. The summed E-state index contributed by atoms with van der Waals surface area (Å²) >= 11 is 0. The molecule has 1 aliphatic rings. The van der Waals surface area contributed by atoms with Crippen LogP contribution in [0.4, 0.5) is 5.82 Å². The number of hydrogen-bond acceptors (Lipinski definition) is 4. The van der Waals surface area contributed by atoms with Crippen molar-refractivity contribution in [1.29, 1.82) is 5.41 Å². The van der Waals surface area contributed by atoms with E-state index >= 15 is 0 Å². The summed E-state index contributed by atoms with van der Waals surface area (Å²) in [5.74, 6) is 1.58. The third kappa shape index (κ3) is 3.23. The van der Waals surface area contributed by atoms with Gasteiger partial charge >= 0.3 is 0 Å². The average Bonchev–Trinajstić information content (AvgIpc) is 3.23. The van der Waals surface area contributed by atoms with Gasteiger partial charge in [0.05, 0.1) is 12.2 Å². The number of hydrogen-bond donors (Lipinski definition) is 2. The third-order valence-electron chi connectivity index (χ3n) is 3.68. The van der Waals surface area contributed by atoms with Crippen molar-refractivity contribution in [3.8, 4) is 0 Å². The highest BCUT2D eigenvalue weighted by Crippen LogP contribution is 2.37. The maximum absolute atomic E-state index is 7.69. The third-order valence-corrected chi connectivity index (χ3v) is 3.68. The molecule has 0 amide bonds. The van der Waals surface area contributed by atoms with Crippen LogP contribution in [0.2, 0.25) is 0 Å². The first kappa shape index (κ1) is 13.8. The molecule has 3 N–H and O–H groups in total. The highest BCUT2D eigenvalue weighted by Gasteiger charge is 2.33. The van der Waals surface area contributed by atoms with E-state index in [0.29, 0.717) is 18.2 Å². The minimum Gasteiger partial charge on any atom is -0.384 e. The lowest BCUT2D eigenvalue weighted by Crippen LogP contribution is -2.39. The molecule has 1 atom stereocenters. The number of ether oxygens (including phenoxy) is 1. The monoisotopic (exact) mass is 262 g/mol. The Morgan fingerprint density at radius 2 is 2.37 bits per heavy atom. The predicted molar refractivity (Wildman–Crippen MR) is 76.7 cm³/mol. The zero-order valence-corrected chi connectivity index (χ0v) is 11.6. The summed E-state index contributed by atoms with van der Waals surface area (Å²) in [7, 11) is 1.70. The maximum atomic E-state index is 7.69. The van der Waals surface area contributed by atoms with Crippen LogP contribution in [-0.2, 0) is 4.74 Å². The van der Waals surface area contributed by atoms with Crippen LogP contribution in [0.3, 0.4) is 0 Å². The van der Waals surface area contributed by atoms with Crippen molar-refractivity contribution < 1.29 is 4.74 Å². The smallest absolute Gasteiger partial charge is 0.139 e. The molecule has 0 spiro atoms. The van der Waals surface area contributed by atoms with Gasteiger partial charge in [-0.2, -0.15) is 0 Å². The van der Waals surface area contributed by atoms with Crippen LogP contribution in [0.5, 0.6) is 0 Å². The van der Waals surface area contributed by atoms with Crippen molar-refractivity contribution in [1.82, 2.24) is 4.98 Å². The number of aromatic nitrogens is 1. The van der Waals surface area contributed by atoms with Gasteiger partial charge in [0, 0.05) is 25.9 Å². The van der Waals surface area contributed by atoms with E-state index < -0.39 is 0 Å². The number of pyridine rings is 1. The first-order valence-corrected chi connectivity index (χ1v) is 6.70. The second kappa shape index (κ2) is 6.02. The Morgan fingerprint density at radius 3 is 2.95 bits per heavy atom. The SMILES string of the molecule is COCCN(c1ncccc1C(=N)N)C(C)C1CC1. The Balaban J connectivity index is 2.28. The summed E-state index contributed by atoms with van der Waals surface area (Å²) in [6.07, 6.45) is 4.29. The second-order valence-corrected chi connectivity index (χ2v) is 5.05. The van der Waals surface area contributed by atoms with Crippen molar-refractivity contribution in [2.24, 2.45) is 11.7 Å². The summed E-state index contributed by atoms with van der Waals surface area (Å²) in [4.78, 5) is 6.65. The van der Waals surface area contributed by atoms with E-state index in [-0.39, 0.29) is 5.84 Å². The van der Waals surface area contributed by atoms with Crippen molar-refractivity contribution in [2.75, 3.05) is 25.2 Å². The number of anilines is 1. The van der Waals surface area contributed by atoms with E-state index in [9.17, 15) is 0 Å². The van der Waals surface area contributed by atoms with E-state index in [4.69, 9.17) is 15.9 Å². The van der Waals surface area contributed by atoms with Crippen LogP contribution in [0, 0.1) is 11.3 Å². The Morgan fingerprint density at radius 1 is 1.63 bits per heavy atom. The predicted octanol–water partition coefficient (Wildman–Crippen LogP) is 1.62. The molecule has 1 unspecified atom stereocenters. The largest absolute Gasteiger partial charge is 0.384 e. The van der Waals surface area contributed by atoms with Crippen molar-refractivity contribution in [3.05, 3.63) is 23.9 Å². The minimum absolute atomic E-state index is 0.0634. The minimum atomic E-state index is 0.0634. The summed E-state index contributed by atoms with van der Waals surface area (Å²) in [6.45, 7) is 3.63. The number of rotatable bonds is 7. The molecule has 5 nitrogen and oxygen atoms in total. The van der Waals surface area contributed by atoms with E-state index in [1.807, 2.05) is 12.1 Å². The van der Waals surface area contributed by atoms with Gasteiger partial charge in [-0.1, -0.05) is 0 Å². The maximum Gasteiger partial charge on any atom is 0.139 e. The van der Waals surface area contributed by atoms with E-state index in [0.717, 1.165) is 18.3 Å². The Bertz CT molecular complexity index is 445. The molecular weight excluding hydrogens is 240 g/mol. The molecule has 0 bridgehead atoms. The quantitative estimate of drug-likeness (QED) is 0.578. The lowest BCUT2D eigenvalue weighted by Gasteiger charge is -2.31. The Labute approximate surface area is 114 Å². The van der Waals surface area contributed by atoms with Crippen molar-refractivity contribution in [2.45, 2.75) is 25.8 Å². The zero-order chi connectivity index (χ0) is 13.8. The molecule has 0 radical (unpaired) electrons. The zero-order valence-electron chi connectivity index (χ0n) is 11.6. The number of nitrogens with one attached hydrogen (secondary N) is 1. The fourth-order valence-electron chi connectivity index (χ4n) is 2.36. The summed E-state index contributed by atoms with van der Waals surface area (Å²) in [6, 6.07) is 4.07. The highest BCUT2D eigenvalue weighted by molar-refractivity contribution is 5.99. The molecule has 0 saturated heterocycles. The van der Waals surface area contributed by atoms with Gasteiger partial charge in [0.25, 0.3) is 0 Å². The molecule has 104 valence electrons. The number of nitrogens with zero attached hydrogens (tertiary/aromatic N) is 2. The van der Waals surface area contributed by atoms with E-state index in [2.05, 4.69) is 16.8 Å². The number of nitrogens with two attached hydrogens (primary N) is 1. The molecule has 1 aromatic rings. The lowest BCUT2D eigenvalue weighted by molar-refractivity contribution is 0.202. The molecule has 1 heterocycles. The standard InChI is InChI=1S/C14H22N4O/c1-10(11-5-6-11)18(8-9-19-2)14-12(13(15)16)4-3-7-17-14/h3-4,7,10-11H,5-6,8-9H2,1-2H3,(H3,15,16). The number of nitrogen functional groups attached to an aromatic ring is 1. The first-order valence-electron chi connectivity index (χ1n) is 6.70. The number of methoxy groups -OCH3 is 1. The molecule has 1 aliphatic carbocycles. The molecule has 0 aromatic carbocycles. The Hall–Kier alpha value is -1.62. The fraction of sp³-hybridized carbons (Fsp3) is 0.571. The van der Waals surface area contributed by atoms with Gasteiger partial charge in [-0.25, -0.2) is 4.98 Å². The van der Waals surface area contributed by atoms with E-state index in [1.165, 1.54) is 12.8 Å². The van der Waals surface area contributed by atoms with Gasteiger partial charge in [0.2, 0.25) is 0 Å². The van der Waals surface area contributed by atoms with Crippen LogP contribution in [0.25, 0.3) is 0 Å². The van der Waals surface area contributed by atoms with Gasteiger partial charge in [0.15, 0.2) is 0 Å².